The third kappa shape index (κ3) is 5.79. The number of aromatic nitrogens is 4. The van der Waals surface area contributed by atoms with Gasteiger partial charge in [0, 0.05) is 11.8 Å². The van der Waals surface area contributed by atoms with Gasteiger partial charge in [-0.3, -0.25) is 0 Å². The molecule has 212 valence electrons. The lowest BCUT2D eigenvalue weighted by Gasteiger charge is -2.43. The lowest BCUT2D eigenvalue weighted by Crippen LogP contribution is -2.46. The Kier molecular flexibility index (Phi) is 7.21. The molecule has 3 heterocycles. The first-order chi connectivity index (χ1) is 19.6. The van der Waals surface area contributed by atoms with Crippen molar-refractivity contribution in [1.82, 2.24) is 19.5 Å². The fraction of sp³-hybridized carbons (Fsp3) is 0.455. The maximum Gasteiger partial charge on any atom is 0.192 e. The Labute approximate surface area is 244 Å². The van der Waals surface area contributed by atoms with E-state index in [1.54, 1.807) is 18.3 Å². The number of anilines is 2. The molecule has 4 aromatic rings. The second kappa shape index (κ2) is 10.7. The molecule has 0 bridgehead atoms. The Hall–Kier alpha value is -3.54. The van der Waals surface area contributed by atoms with E-state index in [-0.39, 0.29) is 11.1 Å². The lowest BCUT2D eigenvalue weighted by atomic mass is 9.92. The van der Waals surface area contributed by atoms with Crippen molar-refractivity contribution in [2.45, 2.75) is 95.5 Å². The molecule has 0 unspecified atom stereocenters. The summed E-state index contributed by atoms with van der Waals surface area (Å²) in [5, 5.41) is 12.8. The predicted octanol–water partition coefficient (Wildman–Crippen LogP) is 8.49. The van der Waals surface area contributed by atoms with Crippen molar-refractivity contribution in [3.8, 4) is 17.3 Å². The zero-order valence-electron chi connectivity index (χ0n) is 24.8. The molecule has 0 aliphatic heterocycles. The molecule has 7 nitrogen and oxygen atoms in total. The Bertz CT molecular complexity index is 1610. The van der Waals surface area contributed by atoms with Gasteiger partial charge in [0.2, 0.25) is 0 Å². The van der Waals surface area contributed by atoms with Crippen LogP contribution in [0.1, 0.15) is 82.4 Å². The van der Waals surface area contributed by atoms with Gasteiger partial charge in [-0.2, -0.15) is 5.26 Å². The number of benzene rings is 1. The second-order valence-corrected chi connectivity index (χ2v) is 18.0. The molecular formula is C33H40N6OSi. The van der Waals surface area contributed by atoms with Gasteiger partial charge in [0.15, 0.2) is 8.32 Å². The van der Waals surface area contributed by atoms with E-state index in [9.17, 15) is 5.26 Å². The van der Waals surface area contributed by atoms with Crippen molar-refractivity contribution >= 4 is 31.0 Å². The Morgan fingerprint density at radius 2 is 1.78 bits per heavy atom. The molecule has 1 aromatic carbocycles. The van der Waals surface area contributed by atoms with Gasteiger partial charge >= 0.3 is 0 Å². The molecule has 2 aliphatic carbocycles. The SMILES string of the molecule is CC(C)(C)[Si](C)(C)O[C@H]1CCCC[C@@H]1n1cnc2cc(-c3cc(C4CC4)cc(Nc4cc(C#N)ccn4)n3)ccc21. The van der Waals surface area contributed by atoms with Crippen LogP contribution in [-0.2, 0) is 4.43 Å². The van der Waals surface area contributed by atoms with Crippen molar-refractivity contribution in [3.05, 3.63) is 66.1 Å². The minimum absolute atomic E-state index is 0.186. The van der Waals surface area contributed by atoms with E-state index in [1.165, 1.54) is 31.2 Å². The fourth-order valence-electron chi connectivity index (χ4n) is 5.66. The van der Waals surface area contributed by atoms with Gasteiger partial charge in [-0.25, -0.2) is 15.0 Å². The lowest BCUT2D eigenvalue weighted by molar-refractivity contribution is 0.0862. The van der Waals surface area contributed by atoms with Crippen LogP contribution in [0.3, 0.4) is 0 Å². The number of nitrogens with zero attached hydrogens (tertiary/aromatic N) is 5. The van der Waals surface area contributed by atoms with E-state index in [4.69, 9.17) is 14.4 Å². The van der Waals surface area contributed by atoms with Crippen LogP contribution in [0.4, 0.5) is 11.6 Å². The molecule has 1 N–H and O–H groups in total. The van der Waals surface area contributed by atoms with Crippen LogP contribution in [0.5, 0.6) is 0 Å². The summed E-state index contributed by atoms with van der Waals surface area (Å²) >= 11 is 0. The Morgan fingerprint density at radius 1 is 0.976 bits per heavy atom. The largest absolute Gasteiger partial charge is 0.412 e. The number of pyridine rings is 2. The zero-order valence-corrected chi connectivity index (χ0v) is 25.8. The monoisotopic (exact) mass is 564 g/mol. The van der Waals surface area contributed by atoms with Gasteiger partial charge < -0.3 is 14.3 Å². The smallest absolute Gasteiger partial charge is 0.192 e. The van der Waals surface area contributed by atoms with Gasteiger partial charge in [0.25, 0.3) is 0 Å². The number of fused-ring (bicyclic) bond motifs is 1. The summed E-state index contributed by atoms with van der Waals surface area (Å²) in [6, 6.07) is 16.8. The van der Waals surface area contributed by atoms with E-state index in [2.05, 4.69) is 85.1 Å². The minimum atomic E-state index is -1.88. The molecule has 41 heavy (non-hydrogen) atoms. The van der Waals surface area contributed by atoms with Crippen LogP contribution < -0.4 is 5.32 Å². The standard InChI is InChI=1S/C33H40N6OSi/c1-33(2,3)41(4,5)40-30-9-7-6-8-29(30)39-21-36-27-17-24(12-13-28(27)39)26-18-25(23-10-11-23)19-32(37-26)38-31-16-22(20-34)14-15-35-31/h12-19,21,23,29-30H,6-11H2,1-5H3,(H,35,37,38)/t29-,30-/m0/s1. The van der Waals surface area contributed by atoms with Gasteiger partial charge in [-0.05, 0) is 91.7 Å². The van der Waals surface area contributed by atoms with E-state index in [1.807, 2.05) is 6.33 Å². The number of hydrogen-bond donors (Lipinski definition) is 1. The molecule has 8 heteroatoms. The van der Waals surface area contributed by atoms with Crippen LogP contribution in [0.15, 0.2) is 55.0 Å². The van der Waals surface area contributed by atoms with Crippen LogP contribution in [0.25, 0.3) is 22.3 Å². The first kappa shape index (κ1) is 27.6. The van der Waals surface area contributed by atoms with Crippen LogP contribution in [0, 0.1) is 11.3 Å². The van der Waals surface area contributed by atoms with Crippen molar-refractivity contribution in [1.29, 1.82) is 5.26 Å². The summed E-state index contributed by atoms with van der Waals surface area (Å²) < 4.78 is 9.36. The molecular weight excluding hydrogens is 524 g/mol. The topological polar surface area (TPSA) is 88.6 Å². The summed E-state index contributed by atoms with van der Waals surface area (Å²) in [7, 11) is -1.88. The number of imidazole rings is 1. The molecule has 6 rings (SSSR count). The highest BCUT2D eigenvalue weighted by Crippen LogP contribution is 2.43. The van der Waals surface area contributed by atoms with E-state index in [0.717, 1.165) is 41.0 Å². The predicted molar refractivity (Wildman–Crippen MR) is 167 cm³/mol. The summed E-state index contributed by atoms with van der Waals surface area (Å²) in [5.41, 5.74) is 5.95. The maximum atomic E-state index is 9.28. The van der Waals surface area contributed by atoms with E-state index in [0.29, 0.717) is 23.3 Å². The maximum absolute atomic E-state index is 9.28. The van der Waals surface area contributed by atoms with Crippen molar-refractivity contribution in [2.75, 3.05) is 5.32 Å². The van der Waals surface area contributed by atoms with E-state index < -0.39 is 8.32 Å². The summed E-state index contributed by atoms with van der Waals surface area (Å²) in [4.78, 5) is 14.2. The van der Waals surface area contributed by atoms with Crippen LogP contribution in [-0.4, -0.2) is 33.9 Å². The number of hydrogen-bond acceptors (Lipinski definition) is 6. The first-order valence-electron chi connectivity index (χ1n) is 14.9. The molecule has 0 amide bonds. The minimum Gasteiger partial charge on any atom is -0.412 e. The Balaban J connectivity index is 1.31. The van der Waals surface area contributed by atoms with Gasteiger partial charge in [0.1, 0.15) is 11.6 Å². The summed E-state index contributed by atoms with van der Waals surface area (Å²) in [5.74, 6) is 1.93. The van der Waals surface area contributed by atoms with Gasteiger partial charge in [-0.1, -0.05) is 39.7 Å². The second-order valence-electron chi connectivity index (χ2n) is 13.2. The molecule has 2 aliphatic rings. The highest BCUT2D eigenvalue weighted by molar-refractivity contribution is 6.74. The number of nitriles is 1. The molecule has 0 radical (unpaired) electrons. The third-order valence-electron chi connectivity index (χ3n) is 9.19. The average molecular weight is 565 g/mol. The molecule has 2 saturated carbocycles. The molecule has 3 aromatic heterocycles. The average Bonchev–Trinajstić information content (AvgIpc) is 3.72. The van der Waals surface area contributed by atoms with Crippen molar-refractivity contribution in [2.24, 2.45) is 0 Å². The van der Waals surface area contributed by atoms with Crippen LogP contribution >= 0.6 is 0 Å². The fourth-order valence-corrected chi connectivity index (χ4v) is 7.04. The van der Waals surface area contributed by atoms with Crippen molar-refractivity contribution in [3.63, 3.8) is 0 Å². The zero-order chi connectivity index (χ0) is 28.8. The summed E-state index contributed by atoms with van der Waals surface area (Å²) in [6.07, 6.45) is 11.0. The van der Waals surface area contributed by atoms with E-state index >= 15 is 0 Å². The van der Waals surface area contributed by atoms with Crippen LogP contribution in [0.2, 0.25) is 18.1 Å². The summed E-state index contributed by atoms with van der Waals surface area (Å²) in [6.45, 7) is 11.7. The number of nitrogens with one attached hydrogen (secondary N) is 1. The van der Waals surface area contributed by atoms with Crippen molar-refractivity contribution < 1.29 is 4.43 Å². The van der Waals surface area contributed by atoms with Gasteiger partial charge in [0.05, 0.1) is 46.8 Å². The quantitative estimate of drug-likeness (QED) is 0.226. The van der Waals surface area contributed by atoms with Gasteiger partial charge in [-0.15, -0.1) is 0 Å². The first-order valence-corrected chi connectivity index (χ1v) is 17.8. The molecule has 0 saturated heterocycles. The highest BCUT2D eigenvalue weighted by Gasteiger charge is 2.41. The normalized spacial score (nSPS) is 19.7. The highest BCUT2D eigenvalue weighted by atomic mass is 28.4. The molecule has 2 fully saturated rings. The molecule has 0 spiro atoms. The Morgan fingerprint density at radius 3 is 2.54 bits per heavy atom. The third-order valence-corrected chi connectivity index (χ3v) is 13.7. The molecule has 2 atom stereocenters. The number of rotatable bonds is 7.